The molecule has 1 unspecified atom stereocenters. The summed E-state index contributed by atoms with van der Waals surface area (Å²) in [6.45, 7) is 0.143. The zero-order chi connectivity index (χ0) is 15.1. The van der Waals surface area contributed by atoms with E-state index in [1.807, 2.05) is 0 Å². The van der Waals surface area contributed by atoms with E-state index in [4.69, 9.17) is 9.47 Å². The number of aliphatic hydroxyl groups excluding tert-OH is 1. The number of aliphatic hydroxyl groups is 1. The standard InChI is InChI=1S/C15H24N2O3S/c1-19-13-9-14(20-2)17-15(16-13)21-12(10-18)8-11-6-4-3-5-7-11/h9,11-12,18H,3-8,10H2,1-2H3. The second-order valence-electron chi connectivity index (χ2n) is 5.40. The van der Waals surface area contributed by atoms with Gasteiger partial charge in [0, 0.05) is 5.25 Å². The third kappa shape index (κ3) is 5.04. The Morgan fingerprint density at radius 1 is 1.19 bits per heavy atom. The van der Waals surface area contributed by atoms with E-state index in [0.29, 0.717) is 16.9 Å². The second-order valence-corrected chi connectivity index (χ2v) is 6.66. The maximum absolute atomic E-state index is 9.63. The molecule has 0 saturated heterocycles. The molecule has 1 heterocycles. The van der Waals surface area contributed by atoms with Crippen molar-refractivity contribution in [2.24, 2.45) is 5.92 Å². The van der Waals surface area contributed by atoms with Crippen LogP contribution in [0.2, 0.25) is 0 Å². The molecule has 1 fully saturated rings. The van der Waals surface area contributed by atoms with Gasteiger partial charge in [-0.1, -0.05) is 43.9 Å². The molecule has 5 nitrogen and oxygen atoms in total. The fraction of sp³-hybridized carbons (Fsp3) is 0.733. The number of aromatic nitrogens is 2. The minimum absolute atomic E-state index is 0.130. The Balaban J connectivity index is 1.99. The van der Waals surface area contributed by atoms with E-state index in [2.05, 4.69) is 9.97 Å². The molecule has 1 saturated carbocycles. The minimum Gasteiger partial charge on any atom is -0.481 e. The minimum atomic E-state index is 0.130. The van der Waals surface area contributed by atoms with Crippen LogP contribution in [0.5, 0.6) is 11.8 Å². The smallest absolute Gasteiger partial charge is 0.220 e. The highest BCUT2D eigenvalue weighted by Crippen LogP contribution is 2.33. The lowest BCUT2D eigenvalue weighted by molar-refractivity contribution is 0.259. The van der Waals surface area contributed by atoms with Gasteiger partial charge in [-0.15, -0.1) is 0 Å². The summed E-state index contributed by atoms with van der Waals surface area (Å²) >= 11 is 1.51. The van der Waals surface area contributed by atoms with Gasteiger partial charge in [0.25, 0.3) is 0 Å². The summed E-state index contributed by atoms with van der Waals surface area (Å²) in [5.74, 6) is 1.69. The SMILES string of the molecule is COc1cc(OC)nc(SC(CO)CC2CCCCC2)n1. The molecule has 0 bridgehead atoms. The Labute approximate surface area is 130 Å². The number of rotatable bonds is 7. The molecule has 0 aromatic carbocycles. The first-order valence-corrected chi connectivity index (χ1v) is 8.37. The maximum Gasteiger partial charge on any atom is 0.220 e. The van der Waals surface area contributed by atoms with Gasteiger partial charge < -0.3 is 14.6 Å². The molecule has 1 aromatic rings. The van der Waals surface area contributed by atoms with Gasteiger partial charge in [-0.3, -0.25) is 0 Å². The van der Waals surface area contributed by atoms with Crippen molar-refractivity contribution in [3.8, 4) is 11.8 Å². The highest BCUT2D eigenvalue weighted by molar-refractivity contribution is 7.99. The van der Waals surface area contributed by atoms with E-state index in [9.17, 15) is 5.11 Å². The van der Waals surface area contributed by atoms with Crippen molar-refractivity contribution in [2.75, 3.05) is 20.8 Å². The quantitative estimate of drug-likeness (QED) is 0.617. The summed E-state index contributed by atoms with van der Waals surface area (Å²) in [7, 11) is 3.14. The van der Waals surface area contributed by atoms with Crippen LogP contribution in [0.25, 0.3) is 0 Å². The van der Waals surface area contributed by atoms with Crippen molar-refractivity contribution in [3.05, 3.63) is 6.07 Å². The van der Waals surface area contributed by atoms with Crippen LogP contribution in [0.15, 0.2) is 11.2 Å². The van der Waals surface area contributed by atoms with E-state index in [1.165, 1.54) is 43.9 Å². The van der Waals surface area contributed by atoms with Crippen molar-refractivity contribution in [1.82, 2.24) is 9.97 Å². The van der Waals surface area contributed by atoms with Gasteiger partial charge >= 0.3 is 0 Å². The van der Waals surface area contributed by atoms with Crippen LogP contribution in [0.3, 0.4) is 0 Å². The summed E-state index contributed by atoms with van der Waals surface area (Å²) < 4.78 is 10.3. The van der Waals surface area contributed by atoms with Crippen LogP contribution in [0.1, 0.15) is 38.5 Å². The van der Waals surface area contributed by atoms with E-state index in [0.717, 1.165) is 12.3 Å². The first kappa shape index (κ1) is 16.4. The fourth-order valence-electron chi connectivity index (χ4n) is 2.75. The lowest BCUT2D eigenvalue weighted by atomic mass is 9.86. The number of hydrogen-bond acceptors (Lipinski definition) is 6. The summed E-state index contributed by atoms with van der Waals surface area (Å²) in [6, 6.07) is 1.65. The Hall–Kier alpha value is -1.01. The van der Waals surface area contributed by atoms with Crippen molar-refractivity contribution in [2.45, 2.75) is 48.9 Å². The number of hydrogen-bond donors (Lipinski definition) is 1. The predicted molar refractivity (Wildman–Crippen MR) is 83.1 cm³/mol. The van der Waals surface area contributed by atoms with E-state index in [1.54, 1.807) is 20.3 Å². The lowest BCUT2D eigenvalue weighted by Gasteiger charge is -2.24. The third-order valence-electron chi connectivity index (χ3n) is 3.87. The summed E-state index contributed by atoms with van der Waals surface area (Å²) in [5.41, 5.74) is 0. The molecule has 1 aliphatic carbocycles. The lowest BCUT2D eigenvalue weighted by Crippen LogP contribution is -2.17. The summed E-state index contributed by atoms with van der Waals surface area (Å²) in [6.07, 6.45) is 7.56. The largest absolute Gasteiger partial charge is 0.481 e. The number of methoxy groups -OCH3 is 2. The Bertz CT molecular complexity index is 417. The average Bonchev–Trinajstić information content (AvgIpc) is 2.54. The van der Waals surface area contributed by atoms with Gasteiger partial charge in [-0.25, -0.2) is 0 Å². The third-order valence-corrected chi connectivity index (χ3v) is 4.94. The van der Waals surface area contributed by atoms with E-state index in [-0.39, 0.29) is 11.9 Å². The topological polar surface area (TPSA) is 64.5 Å². The second kappa shape index (κ2) is 8.44. The Morgan fingerprint density at radius 2 is 1.81 bits per heavy atom. The van der Waals surface area contributed by atoms with Gasteiger partial charge in [0.05, 0.1) is 26.9 Å². The molecule has 0 amide bonds. The maximum atomic E-state index is 9.63. The molecule has 1 aromatic heterocycles. The molecule has 0 aliphatic heterocycles. The first-order chi connectivity index (χ1) is 10.2. The number of thioether (sulfide) groups is 1. The van der Waals surface area contributed by atoms with Crippen molar-refractivity contribution in [3.63, 3.8) is 0 Å². The van der Waals surface area contributed by atoms with Gasteiger partial charge in [0.15, 0.2) is 5.16 Å². The predicted octanol–water partition coefficient (Wildman–Crippen LogP) is 2.92. The Kier molecular flexibility index (Phi) is 6.57. The molecule has 6 heteroatoms. The Morgan fingerprint density at radius 3 is 2.33 bits per heavy atom. The molecule has 0 radical (unpaired) electrons. The van der Waals surface area contributed by atoms with Crippen LogP contribution in [-0.2, 0) is 0 Å². The average molecular weight is 312 g/mol. The highest BCUT2D eigenvalue weighted by atomic mass is 32.2. The normalized spacial score (nSPS) is 17.5. The van der Waals surface area contributed by atoms with Crippen LogP contribution in [0.4, 0.5) is 0 Å². The first-order valence-electron chi connectivity index (χ1n) is 7.49. The monoisotopic (exact) mass is 312 g/mol. The van der Waals surface area contributed by atoms with Crippen LogP contribution in [-0.4, -0.2) is 41.2 Å². The van der Waals surface area contributed by atoms with Gasteiger partial charge in [0.2, 0.25) is 11.8 Å². The molecule has 118 valence electrons. The number of ether oxygens (including phenoxy) is 2. The van der Waals surface area contributed by atoms with Crippen molar-refractivity contribution >= 4 is 11.8 Å². The number of nitrogens with zero attached hydrogens (tertiary/aromatic N) is 2. The van der Waals surface area contributed by atoms with E-state index < -0.39 is 0 Å². The van der Waals surface area contributed by atoms with Crippen LogP contribution in [0, 0.1) is 5.92 Å². The highest BCUT2D eigenvalue weighted by Gasteiger charge is 2.21. The van der Waals surface area contributed by atoms with Crippen LogP contribution < -0.4 is 9.47 Å². The summed E-state index contributed by atoms with van der Waals surface area (Å²) in [4.78, 5) is 8.64. The van der Waals surface area contributed by atoms with Crippen LogP contribution >= 0.6 is 11.8 Å². The van der Waals surface area contributed by atoms with Gasteiger partial charge in [-0.2, -0.15) is 9.97 Å². The van der Waals surface area contributed by atoms with E-state index >= 15 is 0 Å². The molecule has 1 atom stereocenters. The molecule has 21 heavy (non-hydrogen) atoms. The van der Waals surface area contributed by atoms with Crippen molar-refractivity contribution < 1.29 is 14.6 Å². The van der Waals surface area contributed by atoms with Crippen molar-refractivity contribution in [1.29, 1.82) is 0 Å². The summed E-state index contributed by atoms with van der Waals surface area (Å²) in [5, 5.41) is 10.4. The molecule has 2 rings (SSSR count). The molecular weight excluding hydrogens is 288 g/mol. The van der Waals surface area contributed by atoms with Gasteiger partial charge in [-0.05, 0) is 12.3 Å². The zero-order valence-electron chi connectivity index (χ0n) is 12.7. The molecule has 0 spiro atoms. The molecule has 1 aliphatic rings. The molecular formula is C15H24N2O3S. The zero-order valence-corrected chi connectivity index (χ0v) is 13.6. The fourth-order valence-corrected chi connectivity index (χ4v) is 3.78. The molecule has 1 N–H and O–H groups in total. The van der Waals surface area contributed by atoms with Gasteiger partial charge in [0.1, 0.15) is 0 Å².